The van der Waals surface area contributed by atoms with Crippen LogP contribution in [0.2, 0.25) is 19.6 Å². The molecule has 0 saturated carbocycles. The number of rotatable bonds is 9. The minimum absolute atomic E-state index is 0. The van der Waals surface area contributed by atoms with Gasteiger partial charge in [-0.05, 0) is 94.6 Å². The minimum atomic E-state index is -1.34. The van der Waals surface area contributed by atoms with Gasteiger partial charge in [0.25, 0.3) is 0 Å². The molecular weight excluding hydrogens is 953 g/mol. The van der Waals surface area contributed by atoms with Crippen LogP contribution in [0.4, 0.5) is 0 Å². The van der Waals surface area contributed by atoms with Gasteiger partial charge in [-0.15, -0.1) is 53.6 Å². The van der Waals surface area contributed by atoms with E-state index < -0.39 is 8.07 Å². The third-order valence-corrected chi connectivity index (χ3v) is 13.4. The van der Waals surface area contributed by atoms with Crippen molar-refractivity contribution in [1.82, 2.24) is 19.5 Å². The maximum Gasteiger partial charge on any atom is 0.215 e. The Balaban J connectivity index is 0.000000233. The Morgan fingerprint density at radius 1 is 0.694 bits per heavy atom. The summed E-state index contributed by atoms with van der Waals surface area (Å²) in [6, 6.07) is 49.3. The van der Waals surface area contributed by atoms with Gasteiger partial charge in [0.2, 0.25) is 5.71 Å². The topological polar surface area (TPSA) is 56.7 Å². The van der Waals surface area contributed by atoms with E-state index in [0.29, 0.717) is 29.1 Å². The summed E-state index contributed by atoms with van der Waals surface area (Å²) in [7, 11) is -1.34. The second kappa shape index (κ2) is 18.5. The Bertz CT molecular complexity index is 2950. The van der Waals surface area contributed by atoms with Crippen LogP contribution in [-0.2, 0) is 26.5 Å². The first-order chi connectivity index (χ1) is 29.3. The van der Waals surface area contributed by atoms with Crippen molar-refractivity contribution in [3.8, 4) is 39.5 Å². The van der Waals surface area contributed by atoms with Gasteiger partial charge in [-0.2, -0.15) is 0 Å². The van der Waals surface area contributed by atoms with E-state index in [4.69, 9.17) is 9.40 Å². The molecule has 0 aliphatic rings. The molecule has 0 fully saturated rings. The van der Waals surface area contributed by atoms with Gasteiger partial charge in [0.05, 0.1) is 30.5 Å². The summed E-state index contributed by atoms with van der Waals surface area (Å²) >= 11 is 0. The molecule has 0 spiro atoms. The van der Waals surface area contributed by atoms with Crippen LogP contribution in [0.3, 0.4) is 0 Å². The van der Waals surface area contributed by atoms with E-state index in [0.717, 1.165) is 56.6 Å². The van der Waals surface area contributed by atoms with E-state index >= 15 is 0 Å². The molecule has 4 aromatic heterocycles. The second-order valence-electron chi connectivity index (χ2n) is 18.3. The number of hydrogen-bond acceptors (Lipinski definition) is 4. The SMILES string of the molecule is CC(C)Cc1cc(-c2[c-]cccc2)ncc1[Si](C)(C)C.Cc1ccc2c(n1)oc1[c-]c(-c3nc4ccccc4n3-c3c(C(C)C)cc(-c4ccccc4)cc3C(C)C)ccc12.[Ir]. The molecule has 0 aliphatic carbocycles. The summed E-state index contributed by atoms with van der Waals surface area (Å²) < 4.78 is 8.54. The van der Waals surface area contributed by atoms with E-state index in [1.165, 1.54) is 38.7 Å². The predicted octanol–water partition coefficient (Wildman–Crippen LogP) is 14.3. The van der Waals surface area contributed by atoms with Crippen molar-refractivity contribution in [2.45, 2.75) is 86.4 Å². The molecule has 7 heteroatoms. The van der Waals surface area contributed by atoms with Gasteiger partial charge in [-0.3, -0.25) is 4.98 Å². The van der Waals surface area contributed by atoms with Gasteiger partial charge >= 0.3 is 0 Å². The molecule has 9 rings (SSSR count). The maximum absolute atomic E-state index is 6.20. The van der Waals surface area contributed by atoms with E-state index in [-0.39, 0.29) is 20.1 Å². The molecule has 0 aliphatic heterocycles. The van der Waals surface area contributed by atoms with Crippen molar-refractivity contribution in [2.75, 3.05) is 0 Å². The first-order valence-electron chi connectivity index (χ1n) is 21.7. The number of nitrogens with zero attached hydrogens (tertiary/aromatic N) is 4. The molecule has 0 saturated heterocycles. The van der Waals surface area contributed by atoms with Gasteiger partial charge in [0, 0.05) is 43.1 Å². The quantitative estimate of drug-likeness (QED) is 0.107. The Kier molecular flexibility index (Phi) is 13.3. The second-order valence-corrected chi connectivity index (χ2v) is 23.4. The molecule has 4 heterocycles. The Hall–Kier alpha value is -5.46. The van der Waals surface area contributed by atoms with Crippen molar-refractivity contribution < 1.29 is 24.5 Å². The van der Waals surface area contributed by atoms with Crippen LogP contribution in [0, 0.1) is 25.0 Å². The molecule has 0 atom stereocenters. The fraction of sp³-hybridized carbons (Fsp3) is 0.255. The number of furan rings is 1. The number of hydrogen-bond donors (Lipinski definition) is 0. The molecule has 317 valence electrons. The summed E-state index contributed by atoms with van der Waals surface area (Å²) in [5.41, 5.74) is 15.1. The van der Waals surface area contributed by atoms with Crippen molar-refractivity contribution in [1.29, 1.82) is 0 Å². The number of para-hydroxylation sites is 2. The number of pyridine rings is 2. The summed E-state index contributed by atoms with van der Waals surface area (Å²) in [6.45, 7) is 22.8. The molecule has 5 nitrogen and oxygen atoms in total. The van der Waals surface area contributed by atoms with Gasteiger partial charge in [0.15, 0.2) is 0 Å². The Morgan fingerprint density at radius 2 is 1.37 bits per heavy atom. The fourth-order valence-electron chi connectivity index (χ4n) is 8.34. The summed E-state index contributed by atoms with van der Waals surface area (Å²) in [5.74, 6) is 2.13. The van der Waals surface area contributed by atoms with Crippen molar-refractivity contribution in [2.24, 2.45) is 5.92 Å². The van der Waals surface area contributed by atoms with Crippen molar-refractivity contribution >= 4 is 46.4 Å². The average Bonchev–Trinajstić information content (AvgIpc) is 3.81. The molecule has 0 unspecified atom stereocenters. The summed E-state index contributed by atoms with van der Waals surface area (Å²) in [6.07, 6.45) is 3.24. The minimum Gasteiger partial charge on any atom is -0.459 e. The standard InChI is InChI=1S/C37H32N3O.C18H24NSi.Ir/c1-22(2)30-19-27(25-11-7-6-8-12-25)20-31(23(3)4)35(30)40-33-14-10-9-13-32(33)39-36(40)26-16-18-28-29-17-15-24(5)38-37(29)41-34(28)21-26;1-14(2)11-16-12-17(15-9-7-6-8-10-15)19-13-18(16)20(3,4)5;/h6-20,22-23H,1-5H3;6-9,12-14H,11H2,1-5H3;/q2*-1;. The van der Waals surface area contributed by atoms with Crippen LogP contribution in [0.25, 0.3) is 72.6 Å². The monoisotopic (exact) mass is 1010 g/mol. The molecule has 9 aromatic rings. The van der Waals surface area contributed by atoms with Gasteiger partial charge < -0.3 is 14.0 Å². The van der Waals surface area contributed by atoms with Crippen LogP contribution in [0.15, 0.2) is 132 Å². The number of aromatic nitrogens is 4. The number of imidazole rings is 1. The molecule has 1 radical (unpaired) electrons. The van der Waals surface area contributed by atoms with E-state index in [2.05, 4.69) is 191 Å². The maximum atomic E-state index is 6.20. The molecule has 0 N–H and O–H groups in total. The largest absolute Gasteiger partial charge is 0.459 e. The summed E-state index contributed by atoms with van der Waals surface area (Å²) in [4.78, 5) is 14.5. The van der Waals surface area contributed by atoms with Crippen LogP contribution in [0.1, 0.15) is 75.8 Å². The number of benzene rings is 5. The van der Waals surface area contributed by atoms with Crippen molar-refractivity contribution in [3.05, 3.63) is 162 Å². The van der Waals surface area contributed by atoms with Gasteiger partial charge in [0.1, 0.15) is 0 Å². The zero-order chi connectivity index (χ0) is 43.0. The molecular formula is C55H56IrN4OSi-2. The van der Waals surface area contributed by atoms with E-state index in [1.54, 1.807) is 0 Å². The van der Waals surface area contributed by atoms with Gasteiger partial charge in [-0.25, -0.2) is 4.98 Å². The van der Waals surface area contributed by atoms with E-state index in [1.807, 2.05) is 31.2 Å². The Labute approximate surface area is 382 Å². The third kappa shape index (κ3) is 9.17. The molecule has 0 bridgehead atoms. The van der Waals surface area contributed by atoms with Crippen LogP contribution < -0.4 is 5.19 Å². The van der Waals surface area contributed by atoms with Crippen LogP contribution >= 0.6 is 0 Å². The average molecular weight is 1010 g/mol. The zero-order valence-electron chi connectivity index (χ0n) is 37.6. The first-order valence-corrected chi connectivity index (χ1v) is 25.2. The number of aryl methyl sites for hydroxylation is 1. The van der Waals surface area contributed by atoms with Crippen LogP contribution in [-0.4, -0.2) is 27.6 Å². The van der Waals surface area contributed by atoms with Crippen molar-refractivity contribution in [3.63, 3.8) is 0 Å². The van der Waals surface area contributed by atoms with E-state index in [9.17, 15) is 0 Å². The van der Waals surface area contributed by atoms with Gasteiger partial charge in [-0.1, -0.05) is 133 Å². The first kappa shape index (κ1) is 44.6. The third-order valence-electron chi connectivity index (χ3n) is 11.4. The molecule has 0 amide bonds. The predicted molar refractivity (Wildman–Crippen MR) is 259 cm³/mol. The normalized spacial score (nSPS) is 11.8. The fourth-order valence-corrected chi connectivity index (χ4v) is 9.93. The summed E-state index contributed by atoms with van der Waals surface area (Å²) in [5, 5.41) is 3.50. The number of fused-ring (bicyclic) bond motifs is 4. The Morgan fingerprint density at radius 3 is 2.03 bits per heavy atom. The smallest absolute Gasteiger partial charge is 0.215 e. The molecule has 62 heavy (non-hydrogen) atoms. The van der Waals surface area contributed by atoms with Crippen LogP contribution in [0.5, 0.6) is 0 Å². The zero-order valence-corrected chi connectivity index (χ0v) is 41.0. The molecule has 5 aromatic carbocycles.